The summed E-state index contributed by atoms with van der Waals surface area (Å²) in [5, 5.41) is 10.5. The molecule has 2 saturated heterocycles. The SMILES string of the molecule is CCCCCC(C=CC1CC(OC2CCCCO2)CC1O)OC1CCCCO1. The first-order valence-electron chi connectivity index (χ1n) is 11.6. The molecule has 6 atom stereocenters. The summed E-state index contributed by atoms with van der Waals surface area (Å²) in [6.07, 6.45) is 16.7. The molecule has 3 fully saturated rings. The normalized spacial score (nSPS) is 35.4. The minimum atomic E-state index is -0.341. The van der Waals surface area contributed by atoms with Crippen LogP contribution in [-0.4, -0.2) is 49.2 Å². The maximum atomic E-state index is 10.5. The number of hydrogen-bond donors (Lipinski definition) is 1. The molecule has 2 aliphatic heterocycles. The molecule has 1 N–H and O–H groups in total. The first-order valence-corrected chi connectivity index (χ1v) is 11.6. The molecule has 3 rings (SSSR count). The van der Waals surface area contributed by atoms with Crippen LogP contribution in [0, 0.1) is 5.92 Å². The van der Waals surface area contributed by atoms with E-state index in [2.05, 4.69) is 19.1 Å². The second-order valence-corrected chi connectivity index (χ2v) is 8.61. The van der Waals surface area contributed by atoms with E-state index in [4.69, 9.17) is 18.9 Å². The van der Waals surface area contributed by atoms with E-state index in [1.165, 1.54) is 25.7 Å². The molecule has 162 valence electrons. The first-order chi connectivity index (χ1) is 13.7. The largest absolute Gasteiger partial charge is 0.392 e. The lowest BCUT2D eigenvalue weighted by Gasteiger charge is -2.27. The number of aliphatic hydroxyl groups is 1. The van der Waals surface area contributed by atoms with Crippen molar-refractivity contribution in [3.63, 3.8) is 0 Å². The Kier molecular flexibility index (Phi) is 9.75. The second kappa shape index (κ2) is 12.3. The third-order valence-corrected chi connectivity index (χ3v) is 6.15. The van der Waals surface area contributed by atoms with Crippen molar-refractivity contribution in [3.05, 3.63) is 12.2 Å². The highest BCUT2D eigenvalue weighted by Gasteiger charge is 2.34. The molecule has 28 heavy (non-hydrogen) atoms. The molecular formula is C23H40O5. The van der Waals surface area contributed by atoms with Crippen LogP contribution in [0.15, 0.2) is 12.2 Å². The number of rotatable bonds is 10. The fourth-order valence-electron chi connectivity index (χ4n) is 4.44. The molecule has 5 nitrogen and oxygen atoms in total. The lowest BCUT2D eigenvalue weighted by Crippen LogP contribution is -2.27. The molecule has 0 radical (unpaired) electrons. The maximum absolute atomic E-state index is 10.5. The van der Waals surface area contributed by atoms with E-state index in [1.807, 2.05) is 0 Å². The lowest BCUT2D eigenvalue weighted by atomic mass is 10.0. The van der Waals surface area contributed by atoms with E-state index in [0.717, 1.165) is 58.2 Å². The number of hydrogen-bond acceptors (Lipinski definition) is 5. The molecule has 0 bridgehead atoms. The highest BCUT2D eigenvalue weighted by molar-refractivity contribution is 5.01. The Morgan fingerprint density at radius 1 is 1.00 bits per heavy atom. The summed E-state index contributed by atoms with van der Waals surface area (Å²) in [4.78, 5) is 0. The van der Waals surface area contributed by atoms with Gasteiger partial charge < -0.3 is 24.1 Å². The van der Waals surface area contributed by atoms with Crippen molar-refractivity contribution in [2.24, 2.45) is 5.92 Å². The van der Waals surface area contributed by atoms with Gasteiger partial charge in [-0.25, -0.2) is 0 Å². The predicted molar refractivity (Wildman–Crippen MR) is 109 cm³/mol. The van der Waals surface area contributed by atoms with Gasteiger partial charge in [-0.15, -0.1) is 0 Å². The van der Waals surface area contributed by atoms with Crippen LogP contribution in [0.5, 0.6) is 0 Å². The highest BCUT2D eigenvalue weighted by atomic mass is 16.7. The summed E-state index contributed by atoms with van der Waals surface area (Å²) in [7, 11) is 0. The van der Waals surface area contributed by atoms with Gasteiger partial charge in [0.15, 0.2) is 12.6 Å². The molecule has 0 aromatic carbocycles. The average Bonchev–Trinajstić information content (AvgIpc) is 3.06. The summed E-state index contributed by atoms with van der Waals surface area (Å²) in [6.45, 7) is 3.82. The quantitative estimate of drug-likeness (QED) is 0.428. The minimum Gasteiger partial charge on any atom is -0.392 e. The average molecular weight is 397 g/mol. The van der Waals surface area contributed by atoms with Crippen molar-refractivity contribution < 1.29 is 24.1 Å². The summed E-state index contributed by atoms with van der Waals surface area (Å²) in [6, 6.07) is 0. The zero-order chi connectivity index (χ0) is 19.6. The van der Waals surface area contributed by atoms with E-state index in [1.54, 1.807) is 0 Å². The molecule has 0 amide bonds. The molecule has 0 aromatic heterocycles. The molecule has 1 aliphatic carbocycles. The van der Waals surface area contributed by atoms with Crippen molar-refractivity contribution in [1.82, 2.24) is 0 Å². The van der Waals surface area contributed by atoms with Crippen LogP contribution in [0.3, 0.4) is 0 Å². The van der Waals surface area contributed by atoms with Crippen molar-refractivity contribution in [3.8, 4) is 0 Å². The van der Waals surface area contributed by atoms with Gasteiger partial charge in [-0.3, -0.25) is 0 Å². The van der Waals surface area contributed by atoms with Crippen LogP contribution < -0.4 is 0 Å². The third-order valence-electron chi connectivity index (χ3n) is 6.15. The Balaban J connectivity index is 1.48. The van der Waals surface area contributed by atoms with Crippen molar-refractivity contribution in [2.75, 3.05) is 13.2 Å². The molecule has 3 aliphatic rings. The standard InChI is InChI=1S/C23H40O5/c1-2-3-4-9-19(27-22-10-5-7-14-25-22)13-12-18-16-20(17-21(18)24)28-23-11-6-8-15-26-23/h12-13,18-24H,2-11,14-17H2,1H3. The fourth-order valence-corrected chi connectivity index (χ4v) is 4.44. The van der Waals surface area contributed by atoms with E-state index in [0.29, 0.717) is 6.42 Å². The van der Waals surface area contributed by atoms with E-state index in [9.17, 15) is 5.11 Å². The Morgan fingerprint density at radius 3 is 2.43 bits per heavy atom. The van der Waals surface area contributed by atoms with E-state index < -0.39 is 0 Å². The molecular weight excluding hydrogens is 356 g/mol. The van der Waals surface area contributed by atoms with Crippen LogP contribution in [0.4, 0.5) is 0 Å². The monoisotopic (exact) mass is 396 g/mol. The fraction of sp³-hybridized carbons (Fsp3) is 0.913. The minimum absolute atomic E-state index is 0.0712. The first kappa shape index (κ1) is 22.2. The van der Waals surface area contributed by atoms with Gasteiger partial charge in [0.25, 0.3) is 0 Å². The molecule has 1 saturated carbocycles. The number of aliphatic hydroxyl groups excluding tert-OH is 1. The van der Waals surface area contributed by atoms with Crippen LogP contribution in [0.25, 0.3) is 0 Å². The van der Waals surface area contributed by atoms with E-state index in [-0.39, 0.29) is 36.8 Å². The Bertz CT molecular complexity index is 442. The molecule has 0 spiro atoms. The molecule has 2 heterocycles. The lowest BCUT2D eigenvalue weighted by molar-refractivity contribution is -0.187. The number of unbranched alkanes of at least 4 members (excludes halogenated alkanes) is 2. The van der Waals surface area contributed by atoms with Gasteiger partial charge in [-0.1, -0.05) is 38.3 Å². The molecule has 0 aromatic rings. The zero-order valence-electron chi connectivity index (χ0n) is 17.6. The predicted octanol–water partition coefficient (Wildman–Crippen LogP) is 4.72. The van der Waals surface area contributed by atoms with E-state index >= 15 is 0 Å². The van der Waals surface area contributed by atoms with Gasteiger partial charge in [0.1, 0.15) is 0 Å². The van der Waals surface area contributed by atoms with Crippen LogP contribution in [-0.2, 0) is 18.9 Å². The Labute approximate surface area is 170 Å². The van der Waals surface area contributed by atoms with Gasteiger partial charge in [-0.2, -0.15) is 0 Å². The number of ether oxygens (including phenoxy) is 4. The second-order valence-electron chi connectivity index (χ2n) is 8.61. The van der Waals surface area contributed by atoms with Gasteiger partial charge in [0, 0.05) is 25.6 Å². The van der Waals surface area contributed by atoms with Crippen LogP contribution in [0.2, 0.25) is 0 Å². The summed E-state index contributed by atoms with van der Waals surface area (Å²) >= 11 is 0. The van der Waals surface area contributed by atoms with Gasteiger partial charge >= 0.3 is 0 Å². The van der Waals surface area contributed by atoms with Crippen LogP contribution >= 0.6 is 0 Å². The zero-order valence-corrected chi connectivity index (χ0v) is 17.6. The maximum Gasteiger partial charge on any atom is 0.158 e. The summed E-state index contributed by atoms with van der Waals surface area (Å²) < 4.78 is 23.8. The summed E-state index contributed by atoms with van der Waals surface area (Å²) in [5.74, 6) is 0.137. The molecule has 6 unspecified atom stereocenters. The van der Waals surface area contributed by atoms with Crippen molar-refractivity contribution in [2.45, 2.75) is 115 Å². The Morgan fingerprint density at radius 2 is 1.75 bits per heavy atom. The van der Waals surface area contributed by atoms with Crippen LogP contribution in [0.1, 0.15) is 84.0 Å². The van der Waals surface area contributed by atoms with Gasteiger partial charge in [0.05, 0.1) is 18.3 Å². The highest BCUT2D eigenvalue weighted by Crippen LogP contribution is 2.32. The van der Waals surface area contributed by atoms with Crippen molar-refractivity contribution in [1.29, 1.82) is 0 Å². The Hall–Kier alpha value is -0.460. The van der Waals surface area contributed by atoms with Gasteiger partial charge in [0.2, 0.25) is 0 Å². The van der Waals surface area contributed by atoms with Gasteiger partial charge in [-0.05, 0) is 51.4 Å². The smallest absolute Gasteiger partial charge is 0.158 e. The summed E-state index contributed by atoms with van der Waals surface area (Å²) in [5.41, 5.74) is 0. The van der Waals surface area contributed by atoms with Crippen molar-refractivity contribution >= 4 is 0 Å². The topological polar surface area (TPSA) is 57.2 Å². The third kappa shape index (κ3) is 7.42. The molecule has 5 heteroatoms.